The van der Waals surface area contributed by atoms with E-state index in [4.69, 9.17) is 9.84 Å². The summed E-state index contributed by atoms with van der Waals surface area (Å²) in [5.41, 5.74) is 0.727. The zero-order chi connectivity index (χ0) is 16.8. The van der Waals surface area contributed by atoms with Gasteiger partial charge >= 0.3 is 11.9 Å². The van der Waals surface area contributed by atoms with Crippen LogP contribution in [0.1, 0.15) is 36.6 Å². The molecule has 2 aromatic carbocycles. The zero-order valence-electron chi connectivity index (χ0n) is 12.2. The van der Waals surface area contributed by atoms with E-state index in [1.807, 2.05) is 0 Å². The highest BCUT2D eigenvalue weighted by atomic mass is 16.5. The lowest BCUT2D eigenvalue weighted by molar-refractivity contribution is 0.0546. The molecule has 0 aliphatic heterocycles. The fourth-order valence-electron chi connectivity index (χ4n) is 1.99. The van der Waals surface area contributed by atoms with Crippen molar-refractivity contribution in [3.63, 3.8) is 0 Å². The number of carboxylic acids is 1. The molecule has 0 saturated carbocycles. The number of esters is 1. The molecule has 0 atom stereocenters. The smallest absolute Gasteiger partial charge is 0.339 e. The van der Waals surface area contributed by atoms with Gasteiger partial charge in [-0.3, -0.25) is 4.79 Å². The number of aromatic carboxylic acids is 1. The first kappa shape index (κ1) is 16.2. The van der Waals surface area contributed by atoms with Crippen molar-refractivity contribution in [2.45, 2.75) is 0 Å². The summed E-state index contributed by atoms with van der Waals surface area (Å²) in [7, 11) is 0. The van der Waals surface area contributed by atoms with Gasteiger partial charge in [-0.2, -0.15) is 0 Å². The minimum absolute atomic E-state index is 0.0503. The third-order valence-corrected chi connectivity index (χ3v) is 3.12. The van der Waals surface area contributed by atoms with Crippen molar-refractivity contribution in [1.82, 2.24) is 0 Å². The second kappa shape index (κ2) is 7.17. The van der Waals surface area contributed by atoms with Crippen LogP contribution in [0.3, 0.4) is 0 Å². The third kappa shape index (κ3) is 3.71. The lowest BCUT2D eigenvalue weighted by Crippen LogP contribution is -2.13. The van der Waals surface area contributed by atoms with Crippen LogP contribution in [0.5, 0.6) is 0 Å². The van der Waals surface area contributed by atoms with Gasteiger partial charge in [0.05, 0.1) is 11.1 Å². The largest absolute Gasteiger partial charge is 0.478 e. The summed E-state index contributed by atoms with van der Waals surface area (Å²) in [5, 5.41) is 8.88. The van der Waals surface area contributed by atoms with Gasteiger partial charge in [-0.1, -0.05) is 43.0 Å². The number of ether oxygens (including phenoxy) is 1. The molecule has 116 valence electrons. The molecule has 2 aromatic rings. The number of carboxylic acid groups (broad SMARTS) is 1. The van der Waals surface area contributed by atoms with Crippen LogP contribution < -0.4 is 0 Å². The molecule has 0 aromatic heterocycles. The maximum atomic E-state index is 12.6. The molecule has 5 heteroatoms. The quantitative estimate of drug-likeness (QED) is 0.504. The van der Waals surface area contributed by atoms with Crippen molar-refractivity contribution in [2.75, 3.05) is 6.61 Å². The van der Waals surface area contributed by atoms with Gasteiger partial charge in [-0.05, 0) is 18.2 Å². The van der Waals surface area contributed by atoms with Crippen LogP contribution in [0.4, 0.5) is 0 Å². The Hall–Kier alpha value is -3.21. The fourth-order valence-corrected chi connectivity index (χ4v) is 1.99. The Morgan fingerprint density at radius 3 is 2.09 bits per heavy atom. The van der Waals surface area contributed by atoms with Gasteiger partial charge in [0.15, 0.2) is 5.78 Å². The van der Waals surface area contributed by atoms with Gasteiger partial charge in [0.2, 0.25) is 0 Å². The van der Waals surface area contributed by atoms with Crippen molar-refractivity contribution in [3.8, 4) is 0 Å². The standard InChI is InChI=1S/C18H14O5/c1-2-11-23-18(22)15-6-4-3-5-14(15)16(19)12-7-9-13(10-8-12)17(20)21/h2-10H,1,11H2,(H,20,21). The Kier molecular flexibility index (Phi) is 5.04. The van der Waals surface area contributed by atoms with Gasteiger partial charge in [0, 0.05) is 11.1 Å². The van der Waals surface area contributed by atoms with E-state index in [9.17, 15) is 14.4 Å². The van der Waals surface area contributed by atoms with E-state index in [2.05, 4.69) is 6.58 Å². The molecule has 0 aliphatic carbocycles. The van der Waals surface area contributed by atoms with Gasteiger partial charge in [-0.25, -0.2) is 9.59 Å². The number of hydrogen-bond donors (Lipinski definition) is 1. The highest BCUT2D eigenvalue weighted by molar-refractivity contribution is 6.14. The predicted molar refractivity (Wildman–Crippen MR) is 83.8 cm³/mol. The van der Waals surface area contributed by atoms with Crippen LogP contribution in [-0.4, -0.2) is 29.4 Å². The van der Waals surface area contributed by atoms with Crippen LogP contribution in [0.15, 0.2) is 61.2 Å². The number of rotatable bonds is 6. The van der Waals surface area contributed by atoms with E-state index in [1.165, 1.54) is 42.5 Å². The van der Waals surface area contributed by atoms with Crippen LogP contribution >= 0.6 is 0 Å². The first-order valence-corrected chi connectivity index (χ1v) is 6.79. The summed E-state index contributed by atoms with van der Waals surface area (Å²) in [6, 6.07) is 11.8. The van der Waals surface area contributed by atoms with Gasteiger partial charge in [0.1, 0.15) is 6.61 Å². The van der Waals surface area contributed by atoms with Crippen molar-refractivity contribution >= 4 is 17.7 Å². The maximum absolute atomic E-state index is 12.6. The molecule has 0 heterocycles. The maximum Gasteiger partial charge on any atom is 0.339 e. The minimum atomic E-state index is -1.07. The summed E-state index contributed by atoms with van der Waals surface area (Å²) in [6.07, 6.45) is 1.44. The molecule has 2 rings (SSSR count). The Balaban J connectivity index is 2.34. The van der Waals surface area contributed by atoms with E-state index < -0.39 is 11.9 Å². The van der Waals surface area contributed by atoms with Gasteiger partial charge in [0.25, 0.3) is 0 Å². The van der Waals surface area contributed by atoms with E-state index in [0.29, 0.717) is 5.56 Å². The van der Waals surface area contributed by atoms with Crippen molar-refractivity contribution < 1.29 is 24.2 Å². The molecule has 1 N–H and O–H groups in total. The van der Waals surface area contributed by atoms with Crippen molar-refractivity contribution in [1.29, 1.82) is 0 Å². The van der Waals surface area contributed by atoms with Crippen molar-refractivity contribution in [2.24, 2.45) is 0 Å². The summed E-state index contributed by atoms with van der Waals surface area (Å²) in [5.74, 6) is -2.07. The van der Waals surface area contributed by atoms with Gasteiger partial charge in [-0.15, -0.1) is 0 Å². The summed E-state index contributed by atoms with van der Waals surface area (Å²) in [4.78, 5) is 35.4. The monoisotopic (exact) mass is 310 g/mol. The van der Waals surface area contributed by atoms with E-state index in [0.717, 1.165) is 0 Å². The first-order chi connectivity index (χ1) is 11.0. The Bertz CT molecular complexity index is 759. The Morgan fingerprint density at radius 1 is 0.957 bits per heavy atom. The number of ketones is 1. The Morgan fingerprint density at radius 2 is 1.52 bits per heavy atom. The SMILES string of the molecule is C=CCOC(=O)c1ccccc1C(=O)c1ccc(C(=O)O)cc1. The summed E-state index contributed by atoms with van der Waals surface area (Å²) >= 11 is 0. The molecule has 0 amide bonds. The summed E-state index contributed by atoms with van der Waals surface area (Å²) in [6.45, 7) is 3.51. The molecule has 0 fully saturated rings. The molecule has 0 bridgehead atoms. The second-order valence-corrected chi connectivity index (χ2v) is 4.64. The molecule has 0 unspecified atom stereocenters. The lowest BCUT2D eigenvalue weighted by atomic mass is 9.97. The molecule has 5 nitrogen and oxygen atoms in total. The number of benzene rings is 2. The lowest BCUT2D eigenvalue weighted by Gasteiger charge is -2.08. The third-order valence-electron chi connectivity index (χ3n) is 3.12. The molecular weight excluding hydrogens is 296 g/mol. The van der Waals surface area contributed by atoms with Crippen molar-refractivity contribution in [3.05, 3.63) is 83.4 Å². The zero-order valence-corrected chi connectivity index (χ0v) is 12.2. The van der Waals surface area contributed by atoms with E-state index >= 15 is 0 Å². The molecule has 0 spiro atoms. The summed E-state index contributed by atoms with van der Waals surface area (Å²) < 4.78 is 4.97. The molecule has 0 radical (unpaired) electrons. The van der Waals surface area contributed by atoms with Crippen LogP contribution in [0.2, 0.25) is 0 Å². The molecule has 23 heavy (non-hydrogen) atoms. The number of carbonyl (C=O) groups excluding carboxylic acids is 2. The highest BCUT2D eigenvalue weighted by Gasteiger charge is 2.19. The minimum Gasteiger partial charge on any atom is -0.478 e. The van der Waals surface area contributed by atoms with Gasteiger partial charge < -0.3 is 9.84 Å². The topological polar surface area (TPSA) is 80.7 Å². The van der Waals surface area contributed by atoms with Crippen LogP contribution in [-0.2, 0) is 4.74 Å². The van der Waals surface area contributed by atoms with Crippen LogP contribution in [0.25, 0.3) is 0 Å². The predicted octanol–water partition coefficient (Wildman–Crippen LogP) is 2.96. The van der Waals surface area contributed by atoms with E-state index in [1.54, 1.807) is 12.1 Å². The Labute approximate surface area is 132 Å². The first-order valence-electron chi connectivity index (χ1n) is 6.79. The number of hydrogen-bond acceptors (Lipinski definition) is 4. The molecule has 0 saturated heterocycles. The average Bonchev–Trinajstić information content (AvgIpc) is 2.59. The average molecular weight is 310 g/mol. The second-order valence-electron chi connectivity index (χ2n) is 4.64. The number of carbonyl (C=O) groups is 3. The normalized spacial score (nSPS) is 9.91. The van der Waals surface area contributed by atoms with E-state index in [-0.39, 0.29) is 29.1 Å². The van der Waals surface area contributed by atoms with Crippen LogP contribution in [0, 0.1) is 0 Å². The fraction of sp³-hybridized carbons (Fsp3) is 0.0556. The highest BCUT2D eigenvalue weighted by Crippen LogP contribution is 2.16. The molecular formula is C18H14O5. The molecule has 0 aliphatic rings.